The van der Waals surface area contributed by atoms with E-state index in [0.29, 0.717) is 0 Å². The maximum atomic E-state index is 2.54. The van der Waals surface area contributed by atoms with E-state index in [9.17, 15) is 0 Å². The van der Waals surface area contributed by atoms with Crippen LogP contribution in [0.2, 0.25) is 0 Å². The summed E-state index contributed by atoms with van der Waals surface area (Å²) >= 11 is 0. The Labute approximate surface area is 476 Å². The van der Waals surface area contributed by atoms with E-state index in [2.05, 4.69) is 334 Å². The molecule has 11 aromatic rings. The molecule has 1 unspecified atom stereocenters. The summed E-state index contributed by atoms with van der Waals surface area (Å²) in [6.45, 7) is 0. The molecule has 0 heteroatoms. The lowest BCUT2D eigenvalue weighted by Gasteiger charge is -2.31. The Bertz CT molecular complexity index is 3880. The van der Waals surface area contributed by atoms with Crippen LogP contribution < -0.4 is 0 Å². The molecule has 0 aromatic heterocycles. The first-order valence-corrected chi connectivity index (χ1v) is 28.3. The van der Waals surface area contributed by atoms with E-state index in [1.807, 2.05) is 0 Å². The summed E-state index contributed by atoms with van der Waals surface area (Å²) in [5, 5.41) is 0. The smallest absolute Gasteiger partial charge is 0.0726 e. The minimum atomic E-state index is -0.712. The largest absolute Gasteiger partial charge is 0.0836 e. The Kier molecular flexibility index (Phi) is 13.1. The Morgan fingerprint density at radius 2 is 0.556 bits per heavy atom. The number of fused-ring (bicyclic) bond motifs is 10. The van der Waals surface area contributed by atoms with Crippen LogP contribution in [0.25, 0.3) is 68.9 Å². The fraction of sp³-hybridized carbons (Fsp3) is 0.0370. The first-order chi connectivity index (χ1) is 40.2. The van der Waals surface area contributed by atoms with Gasteiger partial charge in [0.15, 0.2) is 0 Å². The standard InChI is InChI=1S/C81H58/c1-9-25-61(26-10-1)73(62-27-11-2-12-28-62)49-57-41-45-69-70-46-42-58(50-74(63-29-13-3-14-30-63)64-31-15-4-16-32-64)54-78(70)81(77(69)53-57)79-55-59(51-75(65-33-17-5-18-34-65)66-35-19-6-20-36-66)43-47-71(79)72-48-44-60(56-80(72)81)52-76(67-37-21-7-22-38-67)68-39-23-8-24-40-68/h1-39,41-56,68H,40H2/b76-52+. The summed E-state index contributed by atoms with van der Waals surface area (Å²) < 4.78 is 0. The van der Waals surface area contributed by atoms with Gasteiger partial charge in [-0.15, -0.1) is 0 Å². The first-order valence-electron chi connectivity index (χ1n) is 28.3. The van der Waals surface area contributed by atoms with Gasteiger partial charge in [0, 0.05) is 5.92 Å². The summed E-state index contributed by atoms with van der Waals surface area (Å²) in [4.78, 5) is 0. The zero-order chi connectivity index (χ0) is 54.0. The van der Waals surface area contributed by atoms with Gasteiger partial charge in [-0.25, -0.2) is 0 Å². The quantitative estimate of drug-likeness (QED) is 0.107. The molecule has 0 aliphatic heterocycles. The SMILES string of the molecule is C1=CCC(/C(=C/c2ccc3c(c2)C2(c4cc(C=C(c5ccccc5)c5ccccc5)ccc4-c4ccc(C=C(c5ccccc5)c5ccccc5)cc42)c2cc(C=C(c4ccccc4)c4ccccc4)ccc2-3)c2ccccc2)C=C1. The number of benzene rings is 11. The lowest BCUT2D eigenvalue weighted by atomic mass is 9.69. The molecule has 3 aliphatic rings. The van der Waals surface area contributed by atoms with Crippen molar-refractivity contribution in [2.75, 3.05) is 0 Å². The van der Waals surface area contributed by atoms with E-state index in [1.54, 1.807) is 0 Å². The minimum Gasteiger partial charge on any atom is -0.0836 e. The number of allylic oxidation sites excluding steroid dienone is 5. The Balaban J connectivity index is 1.06. The molecule has 0 N–H and O–H groups in total. The maximum absolute atomic E-state index is 2.54. The molecule has 3 aliphatic carbocycles. The number of hydrogen-bond acceptors (Lipinski definition) is 0. The van der Waals surface area contributed by atoms with Crippen molar-refractivity contribution in [3.8, 4) is 22.3 Å². The second-order valence-corrected chi connectivity index (χ2v) is 21.5. The van der Waals surface area contributed by atoms with E-state index >= 15 is 0 Å². The van der Waals surface area contributed by atoms with Crippen LogP contribution in [0, 0.1) is 5.92 Å². The van der Waals surface area contributed by atoms with Crippen molar-refractivity contribution in [3.05, 3.63) is 393 Å². The molecule has 0 nitrogen and oxygen atoms in total. The Morgan fingerprint density at radius 1 is 0.284 bits per heavy atom. The number of hydrogen-bond donors (Lipinski definition) is 0. The van der Waals surface area contributed by atoms with Gasteiger partial charge >= 0.3 is 0 Å². The number of rotatable bonds is 12. The second kappa shape index (κ2) is 21.6. The van der Waals surface area contributed by atoms with Crippen molar-refractivity contribution in [1.82, 2.24) is 0 Å². The van der Waals surface area contributed by atoms with E-state index in [1.165, 1.54) is 111 Å². The van der Waals surface area contributed by atoms with Gasteiger partial charge in [0.1, 0.15) is 0 Å². The molecule has 1 spiro atoms. The van der Waals surface area contributed by atoms with Gasteiger partial charge in [-0.3, -0.25) is 0 Å². The van der Waals surface area contributed by atoms with E-state index in [-0.39, 0.29) is 5.92 Å². The van der Waals surface area contributed by atoms with Crippen molar-refractivity contribution in [2.45, 2.75) is 11.8 Å². The lowest BCUT2D eigenvalue weighted by Crippen LogP contribution is -2.26. The van der Waals surface area contributed by atoms with Gasteiger partial charge in [-0.1, -0.05) is 291 Å². The van der Waals surface area contributed by atoms with Crippen LogP contribution in [-0.4, -0.2) is 0 Å². The van der Waals surface area contributed by atoms with Crippen molar-refractivity contribution in [3.63, 3.8) is 0 Å². The Hall–Kier alpha value is -10.1. The predicted molar refractivity (Wildman–Crippen MR) is 343 cm³/mol. The molecule has 0 amide bonds. The molecule has 0 saturated heterocycles. The summed E-state index contributed by atoms with van der Waals surface area (Å²) in [6.07, 6.45) is 19.7. The average Bonchev–Trinajstić information content (AvgIpc) is 3.68. The summed E-state index contributed by atoms with van der Waals surface area (Å²) in [6, 6.07) is 105. The zero-order valence-corrected chi connectivity index (χ0v) is 45.0. The molecule has 0 bridgehead atoms. The molecule has 11 aromatic carbocycles. The third-order valence-corrected chi connectivity index (χ3v) is 16.6. The average molecular weight is 1030 g/mol. The van der Waals surface area contributed by atoms with Crippen LogP contribution >= 0.6 is 0 Å². The minimum absolute atomic E-state index is 0.248. The highest BCUT2D eigenvalue weighted by Crippen LogP contribution is 2.64. The van der Waals surface area contributed by atoms with Crippen LogP contribution in [-0.2, 0) is 5.41 Å². The fourth-order valence-electron chi connectivity index (χ4n) is 12.9. The van der Waals surface area contributed by atoms with Crippen molar-refractivity contribution < 1.29 is 0 Å². The van der Waals surface area contributed by atoms with Crippen LogP contribution in [0.15, 0.2) is 309 Å². The molecular weight excluding hydrogens is 973 g/mol. The maximum Gasteiger partial charge on any atom is 0.0726 e. The van der Waals surface area contributed by atoms with Gasteiger partial charge in [0.25, 0.3) is 0 Å². The van der Waals surface area contributed by atoms with Crippen LogP contribution in [0.3, 0.4) is 0 Å². The van der Waals surface area contributed by atoms with Gasteiger partial charge in [0.2, 0.25) is 0 Å². The van der Waals surface area contributed by atoms with Crippen molar-refractivity contribution in [2.24, 2.45) is 5.92 Å². The highest BCUT2D eigenvalue weighted by atomic mass is 14.5. The van der Waals surface area contributed by atoms with Crippen molar-refractivity contribution >= 4 is 46.6 Å². The van der Waals surface area contributed by atoms with Gasteiger partial charge in [0.05, 0.1) is 5.41 Å². The summed E-state index contributed by atoms with van der Waals surface area (Å²) in [7, 11) is 0. The van der Waals surface area contributed by atoms with Crippen LogP contribution in [0.4, 0.5) is 0 Å². The van der Waals surface area contributed by atoms with Gasteiger partial charge in [-0.05, 0) is 177 Å². The van der Waals surface area contributed by atoms with Crippen LogP contribution in [0.1, 0.15) is 89.9 Å². The zero-order valence-electron chi connectivity index (χ0n) is 45.0. The molecule has 1 atom stereocenters. The molecule has 14 rings (SSSR count). The highest BCUT2D eigenvalue weighted by molar-refractivity contribution is 6.01. The van der Waals surface area contributed by atoms with Crippen LogP contribution in [0.5, 0.6) is 0 Å². The monoisotopic (exact) mass is 1030 g/mol. The predicted octanol–water partition coefficient (Wildman–Crippen LogP) is 20.5. The third-order valence-electron chi connectivity index (χ3n) is 16.6. The summed E-state index contributed by atoms with van der Waals surface area (Å²) in [5.74, 6) is 0.248. The second-order valence-electron chi connectivity index (χ2n) is 21.5. The lowest BCUT2D eigenvalue weighted by molar-refractivity contribution is 0.792. The first kappa shape index (κ1) is 49.2. The van der Waals surface area contributed by atoms with E-state index < -0.39 is 5.41 Å². The van der Waals surface area contributed by atoms with E-state index in [4.69, 9.17) is 0 Å². The summed E-state index contributed by atoms with van der Waals surface area (Å²) in [5.41, 5.74) is 27.3. The van der Waals surface area contributed by atoms with Gasteiger partial charge in [-0.2, -0.15) is 0 Å². The molecule has 0 heterocycles. The molecule has 0 saturated carbocycles. The van der Waals surface area contributed by atoms with Gasteiger partial charge < -0.3 is 0 Å². The Morgan fingerprint density at radius 3 is 0.827 bits per heavy atom. The van der Waals surface area contributed by atoms with E-state index in [0.717, 1.165) is 23.1 Å². The van der Waals surface area contributed by atoms with Crippen molar-refractivity contribution in [1.29, 1.82) is 0 Å². The normalized spacial score (nSPS) is 14.1. The molecular formula is C81H58. The molecule has 81 heavy (non-hydrogen) atoms. The molecule has 0 radical (unpaired) electrons. The highest BCUT2D eigenvalue weighted by Gasteiger charge is 2.52. The topological polar surface area (TPSA) is 0 Å². The third kappa shape index (κ3) is 9.31. The molecule has 382 valence electrons. The fourth-order valence-corrected chi connectivity index (χ4v) is 12.9. The molecule has 0 fully saturated rings.